The molecule has 0 radical (unpaired) electrons. The Bertz CT molecular complexity index is 1760. The van der Waals surface area contributed by atoms with Crippen LogP contribution in [-0.2, 0) is 43.2 Å². The molecule has 318 valence electrons. The summed E-state index contributed by atoms with van der Waals surface area (Å²) < 4.78 is 18.0. The first kappa shape index (κ1) is 42.9. The minimum atomic E-state index is -0.278. The Hall–Kier alpha value is -3.21. The number of anilines is 1. The zero-order valence-electron chi connectivity index (χ0n) is 34.3. The lowest BCUT2D eigenvalue weighted by Gasteiger charge is -2.47. The van der Waals surface area contributed by atoms with Gasteiger partial charge >= 0.3 is 0 Å². The Kier molecular flexibility index (Phi) is 15.1. The van der Waals surface area contributed by atoms with Gasteiger partial charge in [-0.25, -0.2) is 0 Å². The Morgan fingerprint density at radius 2 is 1.95 bits per heavy atom. The number of hydrogen-bond acceptors (Lipinski definition) is 12. The van der Waals surface area contributed by atoms with E-state index < -0.39 is 0 Å². The third kappa shape index (κ3) is 11.1. The summed E-state index contributed by atoms with van der Waals surface area (Å²) in [5, 5.41) is 19.7. The van der Waals surface area contributed by atoms with Crippen LogP contribution in [0.15, 0.2) is 28.6 Å². The number of hydrogen-bond donors (Lipinski definition) is 3. The van der Waals surface area contributed by atoms with Crippen molar-refractivity contribution >= 4 is 51.6 Å². The molecule has 2 saturated heterocycles. The largest absolute Gasteiger partial charge is 0.506 e. The molecule has 1 aromatic carbocycles. The first-order valence-corrected chi connectivity index (χ1v) is 23.3. The second-order valence-electron chi connectivity index (χ2n) is 16.7. The maximum Gasteiger partial charge on any atom is 0.262 e. The average Bonchev–Trinajstić information content (AvgIpc) is 3.92. The Morgan fingerprint density at radius 1 is 1.12 bits per heavy atom. The highest BCUT2D eigenvalue weighted by molar-refractivity contribution is 8.14. The van der Waals surface area contributed by atoms with Crippen molar-refractivity contribution in [2.45, 2.75) is 102 Å². The fourth-order valence-corrected chi connectivity index (χ4v) is 10.8. The second-order valence-corrected chi connectivity index (χ2v) is 18.7. The molecule has 3 N–H and O–H groups in total. The molecule has 1 unspecified atom stereocenters. The molecule has 2 aromatic rings. The molecule has 5 aliphatic rings. The maximum atomic E-state index is 13.5. The van der Waals surface area contributed by atoms with E-state index in [1.165, 1.54) is 16.9 Å². The van der Waals surface area contributed by atoms with Crippen LogP contribution < -0.4 is 15.4 Å². The highest BCUT2D eigenvalue weighted by Gasteiger charge is 2.42. The number of phenols is 1. The number of fused-ring (bicyclic) bond motifs is 1. The SMILES string of the molecule is CC(C)C1=NC(C(=O)N2CCOC3(CCN(Cc4csc(CCOCCC(=O)N(CCNCCc5ccc(O)c6c5OCC(=O)N6)C5CCCCC5)c4)CC3)C2)CS1. The number of thioether (sulfide) groups is 1. The highest BCUT2D eigenvalue weighted by Crippen LogP contribution is 2.39. The van der Waals surface area contributed by atoms with Gasteiger partial charge in [-0.2, -0.15) is 0 Å². The van der Waals surface area contributed by atoms with Crippen LogP contribution in [0.25, 0.3) is 0 Å². The van der Waals surface area contributed by atoms with Gasteiger partial charge in [0, 0.05) is 74.8 Å². The highest BCUT2D eigenvalue weighted by atomic mass is 32.2. The maximum absolute atomic E-state index is 13.5. The van der Waals surface area contributed by atoms with Crippen LogP contribution >= 0.6 is 23.1 Å². The summed E-state index contributed by atoms with van der Waals surface area (Å²) in [4.78, 5) is 51.2. The smallest absolute Gasteiger partial charge is 0.262 e. The van der Waals surface area contributed by atoms with Crippen molar-refractivity contribution < 1.29 is 33.7 Å². The first-order valence-electron chi connectivity index (χ1n) is 21.4. The number of likely N-dealkylation sites (tertiary alicyclic amines) is 1. The van der Waals surface area contributed by atoms with Crippen LogP contribution in [0.2, 0.25) is 0 Å². The summed E-state index contributed by atoms with van der Waals surface area (Å²) in [5.74, 6) is 1.70. The van der Waals surface area contributed by atoms with Gasteiger partial charge < -0.3 is 39.8 Å². The summed E-state index contributed by atoms with van der Waals surface area (Å²) >= 11 is 3.51. The lowest BCUT2D eigenvalue weighted by Crippen LogP contribution is -2.59. The van der Waals surface area contributed by atoms with Crippen molar-refractivity contribution in [2.75, 3.05) is 83.3 Å². The molecule has 15 heteroatoms. The Balaban J connectivity index is 0.792. The molecule has 1 aliphatic carbocycles. The Morgan fingerprint density at radius 3 is 2.74 bits per heavy atom. The molecule has 1 aromatic heterocycles. The van der Waals surface area contributed by atoms with E-state index >= 15 is 0 Å². The lowest BCUT2D eigenvalue weighted by atomic mass is 9.89. The van der Waals surface area contributed by atoms with Crippen LogP contribution in [0.5, 0.6) is 11.5 Å². The van der Waals surface area contributed by atoms with Crippen molar-refractivity contribution in [3.63, 3.8) is 0 Å². The summed E-state index contributed by atoms with van der Waals surface area (Å²) in [6.45, 7) is 12.0. The zero-order valence-corrected chi connectivity index (χ0v) is 35.9. The van der Waals surface area contributed by atoms with E-state index in [0.717, 1.165) is 80.9 Å². The van der Waals surface area contributed by atoms with Gasteiger partial charge in [0.25, 0.3) is 5.91 Å². The Labute approximate surface area is 351 Å². The quantitative estimate of drug-likeness (QED) is 0.146. The van der Waals surface area contributed by atoms with Crippen LogP contribution in [-0.4, -0.2) is 138 Å². The number of phenolic OH excluding ortho intramolecular Hbond substituents is 1. The number of carbonyl (C=O) groups excluding carboxylic acids is 3. The van der Waals surface area contributed by atoms with Crippen molar-refractivity contribution in [1.29, 1.82) is 0 Å². The number of benzene rings is 1. The number of amides is 3. The molecule has 3 amide bonds. The van der Waals surface area contributed by atoms with Crippen molar-refractivity contribution in [1.82, 2.24) is 20.0 Å². The fourth-order valence-electron chi connectivity index (χ4n) is 8.84. The number of carbonyl (C=O) groups is 3. The lowest BCUT2D eigenvalue weighted by molar-refractivity contribution is -0.160. The first-order chi connectivity index (χ1) is 28.2. The number of aliphatic imine (C=N–C) groups is 1. The number of rotatable bonds is 17. The van der Waals surface area contributed by atoms with Gasteiger partial charge in [0.2, 0.25) is 11.8 Å². The van der Waals surface area contributed by atoms with Gasteiger partial charge in [0.15, 0.2) is 12.4 Å². The van der Waals surface area contributed by atoms with Gasteiger partial charge in [-0.1, -0.05) is 39.2 Å². The molecule has 7 rings (SSSR count). The molecule has 58 heavy (non-hydrogen) atoms. The topological polar surface area (TPSA) is 145 Å². The third-order valence-electron chi connectivity index (χ3n) is 12.1. The van der Waals surface area contributed by atoms with Crippen LogP contribution in [0.3, 0.4) is 0 Å². The summed E-state index contributed by atoms with van der Waals surface area (Å²) in [6, 6.07) is 5.74. The standard InChI is InChI=1S/C43H62N6O7S2/c1-30(2)41-45-35(28-58-41)42(53)48-20-23-56-43(29-48)13-17-47(18-14-43)25-31-24-34(57-27-31)11-21-54-22-12-38(52)49(33-6-4-3-5-7-33)19-16-44-15-10-32-8-9-36(50)39-40(32)55-26-37(51)46-39/h8-9,24,27,30,33,35,44,50H,3-7,10-23,25-26,28-29H2,1-2H3,(H,46,51). The van der Waals surface area contributed by atoms with Gasteiger partial charge in [-0.15, -0.1) is 23.1 Å². The van der Waals surface area contributed by atoms with E-state index in [9.17, 15) is 19.5 Å². The van der Waals surface area contributed by atoms with E-state index in [2.05, 4.69) is 45.7 Å². The summed E-state index contributed by atoms with van der Waals surface area (Å²) in [6.07, 6.45) is 9.39. The molecule has 3 fully saturated rings. The van der Waals surface area contributed by atoms with Crippen LogP contribution in [0.1, 0.15) is 81.2 Å². The molecule has 1 atom stereocenters. The molecular formula is C43H62N6O7S2. The van der Waals surface area contributed by atoms with Crippen molar-refractivity contribution in [3.8, 4) is 11.5 Å². The summed E-state index contributed by atoms with van der Waals surface area (Å²) in [7, 11) is 0. The number of aromatic hydroxyl groups is 1. The van der Waals surface area contributed by atoms with E-state index in [1.54, 1.807) is 29.2 Å². The molecule has 0 bridgehead atoms. The van der Waals surface area contributed by atoms with E-state index in [-0.39, 0.29) is 47.8 Å². The number of nitrogens with one attached hydrogen (secondary N) is 2. The van der Waals surface area contributed by atoms with E-state index in [4.69, 9.17) is 19.2 Å². The zero-order chi connectivity index (χ0) is 40.5. The van der Waals surface area contributed by atoms with Crippen molar-refractivity contribution in [3.05, 3.63) is 39.6 Å². The molecule has 1 saturated carbocycles. The van der Waals surface area contributed by atoms with Gasteiger partial charge in [0.05, 0.1) is 36.9 Å². The van der Waals surface area contributed by atoms with E-state index in [0.29, 0.717) is 82.7 Å². The van der Waals surface area contributed by atoms with Gasteiger partial charge in [-0.05, 0) is 67.3 Å². The molecule has 4 aliphatic heterocycles. The summed E-state index contributed by atoms with van der Waals surface area (Å²) in [5.41, 5.74) is 2.32. The number of nitrogens with zero attached hydrogens (tertiary/aromatic N) is 4. The molecular weight excluding hydrogens is 777 g/mol. The normalized spacial score (nSPS) is 21.2. The number of piperidine rings is 1. The van der Waals surface area contributed by atoms with Gasteiger partial charge in [0.1, 0.15) is 17.5 Å². The second kappa shape index (κ2) is 20.4. The minimum Gasteiger partial charge on any atom is -0.506 e. The average molecular weight is 839 g/mol. The molecule has 13 nitrogen and oxygen atoms in total. The number of thiophene rings is 1. The number of ether oxygens (including phenoxy) is 3. The molecule has 5 heterocycles. The van der Waals surface area contributed by atoms with Gasteiger partial charge in [-0.3, -0.25) is 24.3 Å². The molecule has 1 spiro atoms. The predicted octanol–water partition coefficient (Wildman–Crippen LogP) is 5.09. The predicted molar refractivity (Wildman–Crippen MR) is 229 cm³/mol. The monoisotopic (exact) mass is 838 g/mol. The third-order valence-corrected chi connectivity index (χ3v) is 14.5. The van der Waals surface area contributed by atoms with Crippen molar-refractivity contribution in [2.24, 2.45) is 10.9 Å². The number of morpholine rings is 1. The van der Waals surface area contributed by atoms with E-state index in [1.807, 2.05) is 11.0 Å². The van der Waals surface area contributed by atoms with Crippen LogP contribution in [0, 0.1) is 5.92 Å². The fraction of sp³-hybridized carbons (Fsp3) is 0.674. The van der Waals surface area contributed by atoms with Crippen LogP contribution in [0.4, 0.5) is 5.69 Å². The minimum absolute atomic E-state index is 0.00193.